The molecule has 0 aliphatic rings. The van der Waals surface area contributed by atoms with Crippen LogP contribution < -0.4 is 19.9 Å². The molecular formula is C29H41N3O5. The molecular weight excluding hydrogens is 470 g/mol. The Morgan fingerprint density at radius 1 is 0.865 bits per heavy atom. The predicted molar refractivity (Wildman–Crippen MR) is 147 cm³/mol. The third-order valence-electron chi connectivity index (χ3n) is 5.77. The van der Waals surface area contributed by atoms with Crippen molar-refractivity contribution in [2.24, 2.45) is 10.7 Å². The van der Waals surface area contributed by atoms with E-state index in [1.807, 2.05) is 44.7 Å². The van der Waals surface area contributed by atoms with Gasteiger partial charge in [0.15, 0.2) is 11.5 Å². The van der Waals surface area contributed by atoms with Crippen molar-refractivity contribution in [2.45, 2.75) is 72.4 Å². The summed E-state index contributed by atoms with van der Waals surface area (Å²) in [4.78, 5) is 30.1. The maximum absolute atomic E-state index is 13.0. The zero-order valence-electron chi connectivity index (χ0n) is 23.0. The highest BCUT2D eigenvalue weighted by Gasteiger charge is 2.22. The molecule has 0 bridgehead atoms. The molecule has 2 aromatic rings. The van der Waals surface area contributed by atoms with E-state index >= 15 is 0 Å². The number of amidine groups is 1. The molecule has 0 atom stereocenters. The molecule has 2 N–H and O–H groups in total. The summed E-state index contributed by atoms with van der Waals surface area (Å²) in [5.41, 5.74) is 7.13. The smallest absolute Gasteiger partial charge is 0.254 e. The first-order valence-corrected chi connectivity index (χ1v) is 12.9. The molecule has 0 spiro atoms. The van der Waals surface area contributed by atoms with Gasteiger partial charge in [-0.05, 0) is 89.4 Å². The highest BCUT2D eigenvalue weighted by molar-refractivity contribution is 6.04. The fourth-order valence-electron chi connectivity index (χ4n) is 3.89. The summed E-state index contributed by atoms with van der Waals surface area (Å²) in [6.45, 7) is 10.9. The Morgan fingerprint density at radius 3 is 2.03 bits per heavy atom. The lowest BCUT2D eigenvalue weighted by Gasteiger charge is -2.31. The van der Waals surface area contributed by atoms with Crippen molar-refractivity contribution in [2.75, 3.05) is 20.3 Å². The highest BCUT2D eigenvalue weighted by Crippen LogP contribution is 2.29. The van der Waals surface area contributed by atoms with Gasteiger partial charge in [0.25, 0.3) is 5.91 Å². The van der Waals surface area contributed by atoms with E-state index in [4.69, 9.17) is 19.9 Å². The maximum Gasteiger partial charge on any atom is 0.254 e. The van der Waals surface area contributed by atoms with Crippen LogP contribution in [0.25, 0.3) is 0 Å². The first-order valence-electron chi connectivity index (χ1n) is 12.9. The Bertz CT molecular complexity index is 1040. The summed E-state index contributed by atoms with van der Waals surface area (Å²) in [5.74, 6) is 1.86. The van der Waals surface area contributed by atoms with Crippen molar-refractivity contribution in [3.8, 4) is 17.2 Å². The molecule has 0 aliphatic heterocycles. The molecule has 2 amide bonds. The van der Waals surface area contributed by atoms with Crippen molar-refractivity contribution in [3.63, 3.8) is 0 Å². The van der Waals surface area contributed by atoms with Gasteiger partial charge in [-0.25, -0.2) is 0 Å². The van der Waals surface area contributed by atoms with E-state index in [0.29, 0.717) is 42.3 Å². The van der Waals surface area contributed by atoms with E-state index in [1.165, 1.54) is 0 Å². The fourth-order valence-corrected chi connectivity index (χ4v) is 3.89. The summed E-state index contributed by atoms with van der Waals surface area (Å²) in [7, 11) is 1.58. The number of carbonyl (C=O) groups is 2. The number of unbranched alkanes of at least 4 members (excludes halogenated alkanes) is 2. The fraction of sp³-hybridized carbons (Fsp3) is 0.483. The van der Waals surface area contributed by atoms with Crippen LogP contribution in [0, 0.1) is 0 Å². The van der Waals surface area contributed by atoms with Gasteiger partial charge >= 0.3 is 0 Å². The molecule has 8 nitrogen and oxygen atoms in total. The molecule has 0 aromatic heterocycles. The Balaban J connectivity index is 1.77. The van der Waals surface area contributed by atoms with Crippen LogP contribution in [0.5, 0.6) is 17.2 Å². The number of methoxy groups -OCH3 is 1. The van der Waals surface area contributed by atoms with Gasteiger partial charge in [-0.1, -0.05) is 6.92 Å². The zero-order valence-corrected chi connectivity index (χ0v) is 23.0. The second-order valence-corrected chi connectivity index (χ2v) is 9.29. The van der Waals surface area contributed by atoms with Crippen LogP contribution in [0.1, 0.15) is 76.2 Å². The monoisotopic (exact) mass is 511 g/mol. The molecule has 2 rings (SSSR count). The van der Waals surface area contributed by atoms with Crippen LogP contribution in [0.4, 0.5) is 0 Å². The van der Waals surface area contributed by atoms with Gasteiger partial charge in [-0.3, -0.25) is 9.59 Å². The topological polar surface area (TPSA) is 103 Å². The predicted octanol–water partition coefficient (Wildman–Crippen LogP) is 5.22. The lowest BCUT2D eigenvalue weighted by molar-refractivity contribution is -0.117. The number of aliphatic imine (C=N–C) groups is 1. The molecule has 0 saturated heterocycles. The third kappa shape index (κ3) is 9.12. The molecule has 0 saturated carbocycles. The molecule has 0 unspecified atom stereocenters. The summed E-state index contributed by atoms with van der Waals surface area (Å²) in [6.07, 6.45) is 3.00. The standard InChI is InChI=1S/C29H41N3O5/c1-7-27(33)31-28(30)22-11-14-24(15-12-22)36-17-9-8-10-18-37-25-16-13-23(19-26(25)35-6)29(34)32(20(2)3)21(4)5/h11-16,19-21H,7-10,17-18H2,1-6H3,(H2,30,31,33). The zero-order chi connectivity index (χ0) is 27.4. The normalized spacial score (nSPS) is 11.5. The molecule has 0 heterocycles. The Hall–Kier alpha value is -3.55. The molecule has 202 valence electrons. The molecule has 0 aliphatic carbocycles. The van der Waals surface area contributed by atoms with Crippen LogP contribution in [0.3, 0.4) is 0 Å². The maximum atomic E-state index is 13.0. The first kappa shape index (κ1) is 29.7. The van der Waals surface area contributed by atoms with Crippen LogP contribution in [-0.4, -0.2) is 55.0 Å². The van der Waals surface area contributed by atoms with E-state index in [-0.39, 0.29) is 29.7 Å². The highest BCUT2D eigenvalue weighted by atomic mass is 16.5. The van der Waals surface area contributed by atoms with Crippen LogP contribution in [0.2, 0.25) is 0 Å². The van der Waals surface area contributed by atoms with Gasteiger partial charge in [-0.2, -0.15) is 4.99 Å². The second-order valence-electron chi connectivity index (χ2n) is 9.29. The number of benzene rings is 2. The summed E-state index contributed by atoms with van der Waals surface area (Å²) in [5, 5.41) is 0. The molecule has 2 aromatic carbocycles. The van der Waals surface area contributed by atoms with E-state index in [9.17, 15) is 9.59 Å². The lowest BCUT2D eigenvalue weighted by Crippen LogP contribution is -2.42. The summed E-state index contributed by atoms with van der Waals surface area (Å²) >= 11 is 0. The number of rotatable bonds is 14. The van der Waals surface area contributed by atoms with Crippen molar-refractivity contribution in [3.05, 3.63) is 53.6 Å². The number of nitrogens with two attached hydrogens (primary N) is 1. The number of ether oxygens (including phenoxy) is 3. The first-order chi connectivity index (χ1) is 17.7. The van der Waals surface area contributed by atoms with E-state index in [0.717, 1.165) is 25.0 Å². The minimum absolute atomic E-state index is 0.0207. The van der Waals surface area contributed by atoms with Crippen LogP contribution >= 0.6 is 0 Å². The van der Waals surface area contributed by atoms with E-state index < -0.39 is 0 Å². The average Bonchev–Trinajstić information content (AvgIpc) is 2.87. The number of hydrogen-bond donors (Lipinski definition) is 1. The molecule has 8 heteroatoms. The van der Waals surface area contributed by atoms with Crippen molar-refractivity contribution in [1.82, 2.24) is 4.90 Å². The quantitative estimate of drug-likeness (QED) is 0.212. The van der Waals surface area contributed by atoms with Gasteiger partial charge in [-0.15, -0.1) is 0 Å². The number of nitrogens with zero attached hydrogens (tertiary/aromatic N) is 2. The van der Waals surface area contributed by atoms with Gasteiger partial charge < -0.3 is 24.8 Å². The van der Waals surface area contributed by atoms with Gasteiger partial charge in [0.2, 0.25) is 5.91 Å². The van der Waals surface area contributed by atoms with Crippen LogP contribution in [-0.2, 0) is 4.79 Å². The Morgan fingerprint density at radius 2 is 1.46 bits per heavy atom. The minimum Gasteiger partial charge on any atom is -0.494 e. The number of hydrogen-bond acceptors (Lipinski definition) is 5. The number of amides is 2. The van der Waals surface area contributed by atoms with Gasteiger partial charge in [0.1, 0.15) is 11.6 Å². The molecule has 37 heavy (non-hydrogen) atoms. The Labute approximate surface area is 220 Å². The molecule has 0 radical (unpaired) electrons. The van der Waals surface area contributed by atoms with Crippen LogP contribution in [0.15, 0.2) is 47.5 Å². The lowest BCUT2D eigenvalue weighted by atomic mass is 10.1. The summed E-state index contributed by atoms with van der Waals surface area (Å²) in [6, 6.07) is 12.8. The third-order valence-corrected chi connectivity index (χ3v) is 5.77. The van der Waals surface area contributed by atoms with Gasteiger partial charge in [0, 0.05) is 29.6 Å². The molecule has 0 fully saturated rings. The SMILES string of the molecule is CCC(=O)N=C(N)c1ccc(OCCCCCOc2ccc(C(=O)N(C(C)C)C(C)C)cc2OC)cc1. The van der Waals surface area contributed by atoms with E-state index in [2.05, 4.69) is 4.99 Å². The van der Waals surface area contributed by atoms with E-state index in [1.54, 1.807) is 44.4 Å². The second kappa shape index (κ2) is 14.9. The minimum atomic E-state index is -0.244. The van der Waals surface area contributed by atoms with Crippen molar-refractivity contribution in [1.29, 1.82) is 0 Å². The largest absolute Gasteiger partial charge is 0.494 e. The summed E-state index contributed by atoms with van der Waals surface area (Å²) < 4.78 is 17.2. The van der Waals surface area contributed by atoms with Crippen molar-refractivity contribution < 1.29 is 23.8 Å². The number of carbonyl (C=O) groups excluding carboxylic acids is 2. The van der Waals surface area contributed by atoms with Crippen molar-refractivity contribution >= 4 is 17.6 Å². The average molecular weight is 512 g/mol. The van der Waals surface area contributed by atoms with Gasteiger partial charge in [0.05, 0.1) is 20.3 Å². The Kier molecular flexibility index (Phi) is 11.9.